The summed E-state index contributed by atoms with van der Waals surface area (Å²) in [6.45, 7) is 6.98. The van der Waals surface area contributed by atoms with E-state index in [0.717, 1.165) is 6.54 Å². The fourth-order valence-corrected chi connectivity index (χ4v) is 1.26. The lowest BCUT2D eigenvalue weighted by molar-refractivity contribution is 0.504. The Hall–Kier alpha value is -0.0400. The van der Waals surface area contributed by atoms with Gasteiger partial charge in [-0.05, 0) is 13.0 Å². The summed E-state index contributed by atoms with van der Waals surface area (Å²) in [5.74, 6) is 0. The Kier molecular flexibility index (Phi) is 21.2. The summed E-state index contributed by atoms with van der Waals surface area (Å²) in [6, 6.07) is 0. The van der Waals surface area contributed by atoms with Gasteiger partial charge in [0.1, 0.15) is 0 Å². The molecule has 0 unspecified atom stereocenters. The van der Waals surface area contributed by atoms with E-state index < -0.39 is 0 Å². The molecule has 0 amide bonds. The zero-order valence-corrected chi connectivity index (χ0v) is 9.94. The molecule has 0 bridgehead atoms. The van der Waals surface area contributed by atoms with E-state index in [4.69, 9.17) is 5.73 Å². The molecular weight excluding hydrogens is 158 g/mol. The van der Waals surface area contributed by atoms with Gasteiger partial charge in [-0.3, -0.25) is 0 Å². The number of unbranched alkanes of at least 4 members (excludes halogenated alkanes) is 1. The monoisotopic (exact) mass is 187 g/mol. The lowest BCUT2D eigenvalue weighted by atomic mass is 10.0. The van der Waals surface area contributed by atoms with Crippen LogP contribution >= 0.6 is 0 Å². The molecule has 0 saturated heterocycles. The number of hydrogen-bond donors (Lipinski definition) is 1. The normalized spacial score (nSPS) is 14.8. The molecule has 0 aliphatic heterocycles. The van der Waals surface area contributed by atoms with Crippen LogP contribution in [0.5, 0.6) is 0 Å². The molecule has 1 aliphatic rings. The van der Waals surface area contributed by atoms with Gasteiger partial charge in [-0.25, -0.2) is 0 Å². The van der Waals surface area contributed by atoms with Crippen molar-refractivity contribution in [3.8, 4) is 0 Å². The highest BCUT2D eigenvalue weighted by Crippen LogP contribution is 2.15. The maximum atomic E-state index is 5.14. The standard InChI is InChI=1S/C6H12.C4H11N.C2H6/c1-2-4-6-5-3-1;1-2-3-4-5;1-2/h1-6H2;2-5H2,1H3;1-2H3. The van der Waals surface area contributed by atoms with Crippen molar-refractivity contribution in [3.05, 3.63) is 0 Å². The fourth-order valence-electron chi connectivity index (χ4n) is 1.26. The molecule has 0 aromatic carbocycles. The molecule has 0 aromatic heterocycles. The van der Waals surface area contributed by atoms with Gasteiger partial charge in [-0.1, -0.05) is 65.7 Å². The van der Waals surface area contributed by atoms with Crippen molar-refractivity contribution < 1.29 is 0 Å². The van der Waals surface area contributed by atoms with Crippen LogP contribution in [-0.4, -0.2) is 6.54 Å². The first-order valence-electron chi connectivity index (χ1n) is 6.12. The molecule has 1 rings (SSSR count). The lowest BCUT2D eigenvalue weighted by Gasteiger charge is -2.05. The van der Waals surface area contributed by atoms with Crippen LogP contribution in [0.1, 0.15) is 72.1 Å². The largest absolute Gasteiger partial charge is 0.330 e. The third-order valence-corrected chi connectivity index (χ3v) is 2.06. The van der Waals surface area contributed by atoms with Crippen LogP contribution in [0.15, 0.2) is 0 Å². The Balaban J connectivity index is 0. The molecule has 82 valence electrons. The number of nitrogens with two attached hydrogens (primary N) is 1. The van der Waals surface area contributed by atoms with Crippen LogP contribution in [-0.2, 0) is 0 Å². The van der Waals surface area contributed by atoms with Crippen LogP contribution in [0.2, 0.25) is 0 Å². The van der Waals surface area contributed by atoms with Gasteiger partial charge in [-0.15, -0.1) is 0 Å². The molecule has 1 saturated carbocycles. The minimum atomic E-state index is 0.844. The van der Waals surface area contributed by atoms with Gasteiger partial charge in [0, 0.05) is 0 Å². The first-order valence-corrected chi connectivity index (χ1v) is 6.12. The third kappa shape index (κ3) is 18.7. The maximum absolute atomic E-state index is 5.14. The molecule has 1 fully saturated rings. The quantitative estimate of drug-likeness (QED) is 0.691. The van der Waals surface area contributed by atoms with Gasteiger partial charge in [0.25, 0.3) is 0 Å². The summed E-state index contributed by atoms with van der Waals surface area (Å²) in [5.41, 5.74) is 5.14. The molecule has 0 heterocycles. The van der Waals surface area contributed by atoms with E-state index in [2.05, 4.69) is 6.92 Å². The predicted molar refractivity (Wildman–Crippen MR) is 63.0 cm³/mol. The van der Waals surface area contributed by atoms with E-state index in [9.17, 15) is 0 Å². The molecule has 2 N–H and O–H groups in total. The average molecular weight is 187 g/mol. The molecule has 1 heteroatoms. The number of hydrogen-bond acceptors (Lipinski definition) is 1. The van der Waals surface area contributed by atoms with E-state index in [1.165, 1.54) is 51.4 Å². The molecular formula is C12H29N. The van der Waals surface area contributed by atoms with Gasteiger partial charge >= 0.3 is 0 Å². The van der Waals surface area contributed by atoms with Gasteiger partial charge in [0.05, 0.1) is 0 Å². The van der Waals surface area contributed by atoms with E-state index in [1.54, 1.807) is 0 Å². The van der Waals surface area contributed by atoms with Crippen LogP contribution in [0.4, 0.5) is 0 Å². The highest BCUT2D eigenvalue weighted by atomic mass is 14.5. The summed E-state index contributed by atoms with van der Waals surface area (Å²) in [7, 11) is 0. The van der Waals surface area contributed by atoms with Crippen LogP contribution in [0.3, 0.4) is 0 Å². The highest BCUT2D eigenvalue weighted by molar-refractivity contribution is 4.51. The third-order valence-electron chi connectivity index (χ3n) is 2.06. The highest BCUT2D eigenvalue weighted by Gasteiger charge is 1.95. The first kappa shape index (κ1) is 15.4. The summed E-state index contributed by atoms with van der Waals surface area (Å²) in [4.78, 5) is 0. The smallest absolute Gasteiger partial charge is 0.00774 e. The maximum Gasteiger partial charge on any atom is -0.00774 e. The summed E-state index contributed by atoms with van der Waals surface area (Å²) in [6.07, 6.45) is 11.4. The first-order chi connectivity index (χ1) is 6.41. The lowest BCUT2D eigenvalue weighted by Crippen LogP contribution is -1.95. The van der Waals surface area contributed by atoms with Crippen molar-refractivity contribution in [1.82, 2.24) is 0 Å². The van der Waals surface area contributed by atoms with E-state index in [1.807, 2.05) is 13.8 Å². The molecule has 0 atom stereocenters. The van der Waals surface area contributed by atoms with Crippen molar-refractivity contribution in [2.75, 3.05) is 6.54 Å². The van der Waals surface area contributed by atoms with Gasteiger partial charge in [0.2, 0.25) is 0 Å². The molecule has 0 spiro atoms. The second-order valence-electron chi connectivity index (χ2n) is 3.26. The SMILES string of the molecule is C1CCCCC1.CC.CCCCN. The summed E-state index contributed by atoms with van der Waals surface area (Å²) in [5, 5.41) is 0. The average Bonchev–Trinajstić information content (AvgIpc) is 2.25. The Labute approximate surface area is 85.1 Å². The van der Waals surface area contributed by atoms with Gasteiger partial charge < -0.3 is 5.73 Å². The minimum Gasteiger partial charge on any atom is -0.330 e. The van der Waals surface area contributed by atoms with Crippen LogP contribution in [0.25, 0.3) is 0 Å². The Morgan fingerprint density at radius 3 is 1.23 bits per heavy atom. The Bertz CT molecular complexity index is 44.6. The van der Waals surface area contributed by atoms with E-state index in [-0.39, 0.29) is 0 Å². The second-order valence-corrected chi connectivity index (χ2v) is 3.26. The van der Waals surface area contributed by atoms with Crippen LogP contribution < -0.4 is 5.73 Å². The summed E-state index contributed by atoms with van der Waals surface area (Å²) < 4.78 is 0. The molecule has 1 aliphatic carbocycles. The van der Waals surface area contributed by atoms with Crippen LogP contribution in [0, 0.1) is 0 Å². The molecule has 13 heavy (non-hydrogen) atoms. The molecule has 0 radical (unpaired) electrons. The topological polar surface area (TPSA) is 26.0 Å². The zero-order valence-electron chi connectivity index (χ0n) is 9.94. The van der Waals surface area contributed by atoms with Crippen molar-refractivity contribution in [2.24, 2.45) is 5.73 Å². The van der Waals surface area contributed by atoms with Crippen molar-refractivity contribution in [1.29, 1.82) is 0 Å². The van der Waals surface area contributed by atoms with E-state index in [0.29, 0.717) is 0 Å². The predicted octanol–water partition coefficient (Wildman–Crippen LogP) is 4.11. The van der Waals surface area contributed by atoms with Gasteiger partial charge in [0.15, 0.2) is 0 Å². The van der Waals surface area contributed by atoms with Gasteiger partial charge in [-0.2, -0.15) is 0 Å². The molecule has 1 nitrogen and oxygen atoms in total. The summed E-state index contributed by atoms with van der Waals surface area (Å²) >= 11 is 0. The molecule has 0 aromatic rings. The van der Waals surface area contributed by atoms with Crippen molar-refractivity contribution >= 4 is 0 Å². The van der Waals surface area contributed by atoms with E-state index >= 15 is 0 Å². The Morgan fingerprint density at radius 2 is 1.15 bits per heavy atom. The number of rotatable bonds is 2. The second kappa shape index (κ2) is 17.9. The van der Waals surface area contributed by atoms with Crippen molar-refractivity contribution in [3.63, 3.8) is 0 Å². The van der Waals surface area contributed by atoms with Crippen molar-refractivity contribution in [2.45, 2.75) is 72.1 Å². The fraction of sp³-hybridized carbons (Fsp3) is 1.00. The minimum absolute atomic E-state index is 0.844. The Morgan fingerprint density at radius 1 is 0.846 bits per heavy atom. The zero-order chi connectivity index (χ0) is 10.4.